The normalized spacial score (nSPS) is 11.0. The van der Waals surface area contributed by atoms with Gasteiger partial charge < -0.3 is 9.73 Å². The fourth-order valence-electron chi connectivity index (χ4n) is 2.46. The molecule has 4 nitrogen and oxygen atoms in total. The van der Waals surface area contributed by atoms with Crippen LogP contribution in [-0.2, 0) is 4.79 Å². The molecular weight excluding hydrogens is 486 g/mol. The van der Waals surface area contributed by atoms with E-state index in [4.69, 9.17) is 63.0 Å². The van der Waals surface area contributed by atoms with Crippen LogP contribution in [0.1, 0.15) is 11.3 Å². The van der Waals surface area contributed by atoms with Crippen LogP contribution in [0.2, 0.25) is 20.1 Å². The lowest BCUT2D eigenvalue weighted by molar-refractivity contribution is -0.115. The zero-order valence-electron chi connectivity index (χ0n) is 15.4. The maximum atomic E-state index is 12.1. The molecule has 3 rings (SSSR count). The number of rotatable bonds is 4. The SMILES string of the molecule is Cc1ccc(-c2ccc(/C=C/C(=O)NC(=S)Nc3c(Cl)cc(Cl)cc3Cl)o2)cc1Cl. The lowest BCUT2D eigenvalue weighted by atomic mass is 10.1. The Kier molecular flexibility index (Phi) is 7.45. The van der Waals surface area contributed by atoms with Gasteiger partial charge in [-0.2, -0.15) is 0 Å². The Hall–Kier alpha value is -2.02. The molecule has 0 unspecified atom stereocenters. The second-order valence-electron chi connectivity index (χ2n) is 6.19. The number of nitrogens with one attached hydrogen (secondary N) is 2. The number of benzene rings is 2. The van der Waals surface area contributed by atoms with Gasteiger partial charge in [-0.3, -0.25) is 10.1 Å². The van der Waals surface area contributed by atoms with Crippen LogP contribution in [0, 0.1) is 6.92 Å². The summed E-state index contributed by atoms with van der Waals surface area (Å²) >= 11 is 29.3. The molecule has 0 aliphatic rings. The minimum atomic E-state index is -0.454. The van der Waals surface area contributed by atoms with Crippen molar-refractivity contribution < 1.29 is 9.21 Å². The van der Waals surface area contributed by atoms with Crippen molar-refractivity contribution in [2.24, 2.45) is 0 Å². The Bertz CT molecular complexity index is 1130. The Morgan fingerprint density at radius 2 is 1.70 bits per heavy atom. The molecule has 0 radical (unpaired) electrons. The van der Waals surface area contributed by atoms with Crippen molar-refractivity contribution in [3.8, 4) is 11.3 Å². The van der Waals surface area contributed by atoms with Gasteiger partial charge in [0.05, 0.1) is 15.7 Å². The molecule has 0 saturated carbocycles. The summed E-state index contributed by atoms with van der Waals surface area (Å²) in [4.78, 5) is 12.1. The number of carbonyl (C=O) groups is 1. The van der Waals surface area contributed by atoms with E-state index < -0.39 is 5.91 Å². The van der Waals surface area contributed by atoms with Gasteiger partial charge in [0.2, 0.25) is 5.91 Å². The highest BCUT2D eigenvalue weighted by Gasteiger charge is 2.11. The van der Waals surface area contributed by atoms with Crippen LogP contribution in [0.5, 0.6) is 0 Å². The fourth-order valence-corrected chi connectivity index (χ4v) is 3.76. The number of aryl methyl sites for hydroxylation is 1. The lowest BCUT2D eigenvalue weighted by Gasteiger charge is -2.11. The number of furan rings is 1. The van der Waals surface area contributed by atoms with Crippen molar-refractivity contribution in [1.29, 1.82) is 0 Å². The molecule has 2 aromatic carbocycles. The molecule has 30 heavy (non-hydrogen) atoms. The van der Waals surface area contributed by atoms with Crippen molar-refractivity contribution in [3.63, 3.8) is 0 Å². The zero-order valence-corrected chi connectivity index (χ0v) is 19.3. The highest BCUT2D eigenvalue weighted by Crippen LogP contribution is 2.33. The van der Waals surface area contributed by atoms with Crippen molar-refractivity contribution >= 4 is 81.4 Å². The van der Waals surface area contributed by atoms with Crippen LogP contribution in [0.15, 0.2) is 53.0 Å². The van der Waals surface area contributed by atoms with E-state index in [2.05, 4.69) is 10.6 Å². The Labute approximate surface area is 198 Å². The maximum Gasteiger partial charge on any atom is 0.250 e. The molecule has 1 amide bonds. The van der Waals surface area contributed by atoms with Gasteiger partial charge in [0.25, 0.3) is 0 Å². The number of amides is 1. The second kappa shape index (κ2) is 9.86. The molecule has 0 spiro atoms. The van der Waals surface area contributed by atoms with Gasteiger partial charge in [0.15, 0.2) is 5.11 Å². The van der Waals surface area contributed by atoms with E-state index >= 15 is 0 Å². The smallest absolute Gasteiger partial charge is 0.250 e. The lowest BCUT2D eigenvalue weighted by Crippen LogP contribution is -2.33. The van der Waals surface area contributed by atoms with Crippen molar-refractivity contribution in [3.05, 3.63) is 80.0 Å². The molecule has 0 fully saturated rings. The zero-order chi connectivity index (χ0) is 21.8. The minimum absolute atomic E-state index is 0.0326. The average Bonchev–Trinajstić information content (AvgIpc) is 3.14. The maximum absolute atomic E-state index is 12.1. The Morgan fingerprint density at radius 1 is 1.00 bits per heavy atom. The van der Waals surface area contributed by atoms with Gasteiger partial charge in [0.1, 0.15) is 11.5 Å². The summed E-state index contributed by atoms with van der Waals surface area (Å²) in [6.45, 7) is 1.93. The van der Waals surface area contributed by atoms with Gasteiger partial charge >= 0.3 is 0 Å². The molecule has 0 aliphatic heterocycles. The third kappa shape index (κ3) is 5.78. The average molecular weight is 500 g/mol. The minimum Gasteiger partial charge on any atom is -0.457 e. The molecule has 9 heteroatoms. The molecule has 0 saturated heterocycles. The topological polar surface area (TPSA) is 54.3 Å². The van der Waals surface area contributed by atoms with Crippen LogP contribution in [0.4, 0.5) is 5.69 Å². The summed E-state index contributed by atoms with van der Waals surface area (Å²) in [6, 6.07) is 12.2. The third-order valence-corrected chi connectivity index (χ3v) is 5.39. The first kappa shape index (κ1) is 22.7. The van der Waals surface area contributed by atoms with E-state index in [0.29, 0.717) is 27.3 Å². The number of carbonyl (C=O) groups excluding carboxylic acids is 1. The molecule has 154 valence electrons. The Morgan fingerprint density at radius 3 is 2.37 bits per heavy atom. The van der Waals surface area contributed by atoms with E-state index in [9.17, 15) is 4.79 Å². The fraction of sp³-hybridized carbons (Fsp3) is 0.0476. The van der Waals surface area contributed by atoms with Crippen molar-refractivity contribution in [1.82, 2.24) is 5.32 Å². The number of thiocarbonyl (C=S) groups is 1. The summed E-state index contributed by atoms with van der Waals surface area (Å²) in [7, 11) is 0. The first-order valence-corrected chi connectivity index (χ1v) is 10.5. The first-order chi connectivity index (χ1) is 14.2. The highest BCUT2D eigenvalue weighted by atomic mass is 35.5. The standard InChI is InChI=1S/C21H14Cl4N2O2S/c1-11-2-3-12(8-15(11)23)18-6-4-14(29-18)5-7-19(28)26-21(30)27-20-16(24)9-13(22)10-17(20)25/h2-10H,1H3,(H2,26,27,28,30)/b7-5+. The summed E-state index contributed by atoms with van der Waals surface area (Å²) in [5, 5.41) is 6.91. The molecule has 2 N–H and O–H groups in total. The molecule has 0 aliphatic carbocycles. The third-order valence-electron chi connectivity index (χ3n) is 3.96. The van der Waals surface area contributed by atoms with Crippen LogP contribution >= 0.6 is 58.6 Å². The summed E-state index contributed by atoms with van der Waals surface area (Å²) < 4.78 is 5.74. The summed E-state index contributed by atoms with van der Waals surface area (Å²) in [5.41, 5.74) is 2.18. The van der Waals surface area contributed by atoms with Gasteiger partial charge in [0, 0.05) is 21.7 Å². The largest absolute Gasteiger partial charge is 0.457 e. The van der Waals surface area contributed by atoms with E-state index in [0.717, 1.165) is 11.1 Å². The molecule has 3 aromatic rings. The van der Waals surface area contributed by atoms with Gasteiger partial charge in [-0.1, -0.05) is 58.5 Å². The number of hydrogen-bond acceptors (Lipinski definition) is 3. The molecular formula is C21H14Cl4N2O2S. The monoisotopic (exact) mass is 498 g/mol. The quantitative estimate of drug-likeness (QED) is 0.290. The second-order valence-corrected chi connectivity index (χ2v) is 8.25. The van der Waals surface area contributed by atoms with Gasteiger partial charge in [-0.15, -0.1) is 0 Å². The van der Waals surface area contributed by atoms with Crippen LogP contribution < -0.4 is 10.6 Å². The van der Waals surface area contributed by atoms with E-state index in [-0.39, 0.29) is 15.2 Å². The number of halogens is 4. The van der Waals surface area contributed by atoms with E-state index in [1.807, 2.05) is 25.1 Å². The predicted molar refractivity (Wildman–Crippen MR) is 129 cm³/mol. The van der Waals surface area contributed by atoms with Gasteiger partial charge in [-0.25, -0.2) is 0 Å². The Balaban J connectivity index is 1.62. The van der Waals surface area contributed by atoms with Gasteiger partial charge in [-0.05, 0) is 61.1 Å². The number of hydrogen-bond donors (Lipinski definition) is 2. The highest BCUT2D eigenvalue weighted by molar-refractivity contribution is 7.80. The van der Waals surface area contributed by atoms with E-state index in [1.54, 1.807) is 12.1 Å². The summed E-state index contributed by atoms with van der Waals surface area (Å²) in [5.74, 6) is 0.686. The molecule has 1 heterocycles. The van der Waals surface area contributed by atoms with Crippen molar-refractivity contribution in [2.45, 2.75) is 6.92 Å². The van der Waals surface area contributed by atoms with Crippen molar-refractivity contribution in [2.75, 3.05) is 5.32 Å². The molecule has 0 atom stereocenters. The number of anilines is 1. The van der Waals surface area contributed by atoms with Crippen LogP contribution in [-0.4, -0.2) is 11.0 Å². The molecule has 0 bridgehead atoms. The van der Waals surface area contributed by atoms with Crippen LogP contribution in [0.25, 0.3) is 17.4 Å². The van der Waals surface area contributed by atoms with E-state index in [1.165, 1.54) is 24.3 Å². The molecule has 1 aromatic heterocycles. The first-order valence-electron chi connectivity index (χ1n) is 8.54. The van der Waals surface area contributed by atoms with Crippen LogP contribution in [0.3, 0.4) is 0 Å². The summed E-state index contributed by atoms with van der Waals surface area (Å²) in [6.07, 6.45) is 2.82. The predicted octanol–water partition coefficient (Wildman–Crippen LogP) is 7.40.